The highest BCUT2D eigenvalue weighted by Crippen LogP contribution is 2.33. The molecule has 0 saturated heterocycles. The molecule has 1 aromatic carbocycles. The maximum Gasteiger partial charge on any atom is 0.234 e. The number of carbonyl (C=O) groups is 1. The normalized spacial score (nSPS) is 11.0. The Morgan fingerprint density at radius 1 is 1.28 bits per heavy atom. The Bertz CT molecular complexity index is 1140. The van der Waals surface area contributed by atoms with Gasteiger partial charge in [-0.15, -0.1) is 10.2 Å². The van der Waals surface area contributed by atoms with Gasteiger partial charge in [-0.2, -0.15) is 0 Å². The number of anilines is 1. The summed E-state index contributed by atoms with van der Waals surface area (Å²) in [5, 5.41) is 12.9. The quantitative estimate of drug-likeness (QED) is 0.463. The summed E-state index contributed by atoms with van der Waals surface area (Å²) in [6.07, 6.45) is 3.26. The number of nitrogens with one attached hydrogen (secondary N) is 1. The largest absolute Gasteiger partial charge is 0.493 e. The lowest BCUT2D eigenvalue weighted by Crippen LogP contribution is -2.14. The first-order chi connectivity index (χ1) is 14.2. The SMILES string of the molecule is CCn1c(SCC(=O)Nc2cccnc2)nnc1-c1cc2cccc(OC)c2o1. The minimum absolute atomic E-state index is 0.135. The Balaban J connectivity index is 1.53. The number of rotatable bonds is 7. The van der Waals surface area contributed by atoms with E-state index in [1.165, 1.54) is 11.8 Å². The predicted molar refractivity (Wildman–Crippen MR) is 111 cm³/mol. The number of carbonyl (C=O) groups excluding carboxylic acids is 1. The van der Waals surface area contributed by atoms with E-state index in [0.717, 1.165) is 5.39 Å². The van der Waals surface area contributed by atoms with Crippen LogP contribution < -0.4 is 10.1 Å². The highest BCUT2D eigenvalue weighted by molar-refractivity contribution is 7.99. The van der Waals surface area contributed by atoms with Gasteiger partial charge in [0.1, 0.15) is 0 Å². The van der Waals surface area contributed by atoms with Crippen LogP contribution in [0.3, 0.4) is 0 Å². The Labute approximate surface area is 171 Å². The van der Waals surface area contributed by atoms with E-state index in [-0.39, 0.29) is 11.7 Å². The number of hydrogen-bond acceptors (Lipinski definition) is 7. The minimum Gasteiger partial charge on any atom is -0.493 e. The van der Waals surface area contributed by atoms with E-state index in [1.54, 1.807) is 31.6 Å². The van der Waals surface area contributed by atoms with E-state index >= 15 is 0 Å². The summed E-state index contributed by atoms with van der Waals surface area (Å²) in [6.45, 7) is 2.64. The zero-order chi connectivity index (χ0) is 20.2. The van der Waals surface area contributed by atoms with Gasteiger partial charge in [-0.25, -0.2) is 0 Å². The van der Waals surface area contributed by atoms with E-state index in [1.807, 2.05) is 35.8 Å². The second-order valence-electron chi connectivity index (χ2n) is 6.12. The molecule has 0 saturated carbocycles. The van der Waals surface area contributed by atoms with Crippen LogP contribution in [0.1, 0.15) is 6.92 Å². The predicted octanol–water partition coefficient (Wildman–Crippen LogP) is 3.85. The summed E-state index contributed by atoms with van der Waals surface area (Å²) < 4.78 is 13.3. The van der Waals surface area contributed by atoms with Gasteiger partial charge in [0.05, 0.1) is 24.7 Å². The molecule has 0 unspecified atom stereocenters. The number of benzene rings is 1. The van der Waals surface area contributed by atoms with Gasteiger partial charge in [-0.3, -0.25) is 14.3 Å². The van der Waals surface area contributed by atoms with Crippen molar-refractivity contribution in [3.05, 3.63) is 48.8 Å². The molecule has 29 heavy (non-hydrogen) atoms. The zero-order valence-electron chi connectivity index (χ0n) is 16.0. The standard InChI is InChI=1S/C20H19N5O3S/c1-3-25-19(16-10-13-6-4-8-15(27-2)18(13)28-16)23-24-20(25)29-12-17(26)22-14-7-5-9-21-11-14/h4-11H,3,12H2,1-2H3,(H,22,26). The molecule has 0 aliphatic carbocycles. The molecule has 1 N–H and O–H groups in total. The number of amides is 1. The van der Waals surface area contributed by atoms with Crippen molar-refractivity contribution < 1.29 is 13.9 Å². The topological polar surface area (TPSA) is 95.1 Å². The molecule has 3 aromatic heterocycles. The lowest BCUT2D eigenvalue weighted by atomic mass is 10.2. The molecule has 3 heterocycles. The van der Waals surface area contributed by atoms with E-state index in [2.05, 4.69) is 20.5 Å². The molecule has 0 bridgehead atoms. The number of pyridine rings is 1. The minimum atomic E-state index is -0.135. The molecule has 4 aromatic rings. The summed E-state index contributed by atoms with van der Waals surface area (Å²) in [4.78, 5) is 16.2. The second-order valence-corrected chi connectivity index (χ2v) is 7.06. The molecular formula is C20H19N5O3S. The summed E-state index contributed by atoms with van der Waals surface area (Å²) in [5.74, 6) is 1.95. The molecule has 4 rings (SSSR count). The first kappa shape index (κ1) is 19.0. The Morgan fingerprint density at radius 2 is 2.17 bits per heavy atom. The van der Waals surface area contributed by atoms with Crippen molar-refractivity contribution in [3.8, 4) is 17.3 Å². The van der Waals surface area contributed by atoms with Crippen LogP contribution in [0.15, 0.2) is 58.4 Å². The fraction of sp³-hybridized carbons (Fsp3) is 0.200. The monoisotopic (exact) mass is 409 g/mol. The first-order valence-electron chi connectivity index (χ1n) is 9.02. The van der Waals surface area contributed by atoms with Gasteiger partial charge in [-0.1, -0.05) is 23.9 Å². The fourth-order valence-electron chi connectivity index (χ4n) is 2.93. The van der Waals surface area contributed by atoms with Crippen molar-refractivity contribution in [1.29, 1.82) is 0 Å². The number of nitrogens with zero attached hydrogens (tertiary/aromatic N) is 4. The number of ether oxygens (including phenoxy) is 1. The highest BCUT2D eigenvalue weighted by atomic mass is 32.2. The average Bonchev–Trinajstić information content (AvgIpc) is 3.36. The first-order valence-corrected chi connectivity index (χ1v) is 10.0. The molecule has 9 heteroatoms. The molecular weight excluding hydrogens is 390 g/mol. The van der Waals surface area contributed by atoms with E-state index in [0.29, 0.717) is 40.3 Å². The Morgan fingerprint density at radius 3 is 2.93 bits per heavy atom. The van der Waals surface area contributed by atoms with Crippen molar-refractivity contribution >= 4 is 34.3 Å². The lowest BCUT2D eigenvalue weighted by molar-refractivity contribution is -0.113. The van der Waals surface area contributed by atoms with Gasteiger partial charge < -0.3 is 14.5 Å². The Hall–Kier alpha value is -3.33. The van der Waals surface area contributed by atoms with Crippen molar-refractivity contribution in [2.75, 3.05) is 18.2 Å². The number of aromatic nitrogens is 4. The maximum absolute atomic E-state index is 12.2. The molecule has 0 aliphatic rings. The molecule has 0 aliphatic heterocycles. The number of hydrogen-bond donors (Lipinski definition) is 1. The Kier molecular flexibility index (Phi) is 5.48. The number of para-hydroxylation sites is 1. The van der Waals surface area contributed by atoms with Gasteiger partial charge in [0, 0.05) is 18.1 Å². The molecule has 0 atom stereocenters. The van der Waals surface area contributed by atoms with Crippen LogP contribution in [0.5, 0.6) is 5.75 Å². The fourth-order valence-corrected chi connectivity index (χ4v) is 3.74. The highest BCUT2D eigenvalue weighted by Gasteiger charge is 2.19. The third kappa shape index (κ3) is 3.95. The van der Waals surface area contributed by atoms with Gasteiger partial charge in [0.15, 0.2) is 22.2 Å². The average molecular weight is 409 g/mol. The van der Waals surface area contributed by atoms with Crippen LogP contribution in [0.25, 0.3) is 22.6 Å². The van der Waals surface area contributed by atoms with Gasteiger partial charge >= 0.3 is 0 Å². The zero-order valence-corrected chi connectivity index (χ0v) is 16.8. The molecule has 0 fully saturated rings. The smallest absolute Gasteiger partial charge is 0.234 e. The summed E-state index contributed by atoms with van der Waals surface area (Å²) in [7, 11) is 1.61. The van der Waals surface area contributed by atoms with Gasteiger partial charge in [0.25, 0.3) is 0 Å². The third-order valence-corrected chi connectivity index (χ3v) is 5.23. The molecule has 148 valence electrons. The summed E-state index contributed by atoms with van der Waals surface area (Å²) in [6, 6.07) is 11.2. The second kappa shape index (κ2) is 8.36. The number of fused-ring (bicyclic) bond motifs is 1. The van der Waals surface area contributed by atoms with Crippen LogP contribution in [0, 0.1) is 0 Å². The van der Waals surface area contributed by atoms with Crippen LogP contribution in [-0.4, -0.2) is 38.5 Å². The van der Waals surface area contributed by atoms with Crippen molar-refractivity contribution in [2.45, 2.75) is 18.6 Å². The molecule has 1 amide bonds. The van der Waals surface area contributed by atoms with Gasteiger partial charge in [-0.05, 0) is 31.2 Å². The van der Waals surface area contributed by atoms with Crippen LogP contribution in [0.4, 0.5) is 5.69 Å². The van der Waals surface area contributed by atoms with Gasteiger partial charge in [0.2, 0.25) is 11.7 Å². The summed E-state index contributed by atoms with van der Waals surface area (Å²) in [5.41, 5.74) is 1.33. The number of thioether (sulfide) groups is 1. The van der Waals surface area contributed by atoms with E-state index in [4.69, 9.17) is 9.15 Å². The van der Waals surface area contributed by atoms with E-state index in [9.17, 15) is 4.79 Å². The third-order valence-electron chi connectivity index (χ3n) is 4.26. The molecule has 8 nitrogen and oxygen atoms in total. The van der Waals surface area contributed by atoms with Crippen LogP contribution in [-0.2, 0) is 11.3 Å². The maximum atomic E-state index is 12.2. The van der Waals surface area contributed by atoms with Crippen molar-refractivity contribution in [3.63, 3.8) is 0 Å². The van der Waals surface area contributed by atoms with Crippen molar-refractivity contribution in [1.82, 2.24) is 19.7 Å². The number of methoxy groups -OCH3 is 1. The van der Waals surface area contributed by atoms with Crippen molar-refractivity contribution in [2.24, 2.45) is 0 Å². The van der Waals surface area contributed by atoms with Crippen LogP contribution in [0.2, 0.25) is 0 Å². The lowest BCUT2D eigenvalue weighted by Gasteiger charge is -2.06. The molecule has 0 radical (unpaired) electrons. The summed E-state index contributed by atoms with van der Waals surface area (Å²) >= 11 is 1.32. The van der Waals surface area contributed by atoms with E-state index < -0.39 is 0 Å². The molecule has 0 spiro atoms. The van der Waals surface area contributed by atoms with Crippen LogP contribution >= 0.6 is 11.8 Å². The number of furan rings is 1.